The van der Waals surface area contributed by atoms with E-state index in [1.165, 1.54) is 7.11 Å². The first kappa shape index (κ1) is 32.6. The zero-order valence-corrected chi connectivity index (χ0v) is 25.2. The number of nitrogens with zero attached hydrogens (tertiary/aromatic N) is 1. The number of aliphatic hydroxyl groups is 1. The van der Waals surface area contributed by atoms with Crippen LogP contribution in [-0.2, 0) is 36.8 Å². The van der Waals surface area contributed by atoms with Crippen molar-refractivity contribution in [3.8, 4) is 0 Å². The van der Waals surface area contributed by atoms with Crippen LogP contribution in [0.4, 0.5) is 0 Å². The van der Waals surface area contributed by atoms with Gasteiger partial charge < -0.3 is 24.8 Å². The van der Waals surface area contributed by atoms with Gasteiger partial charge in [0.1, 0.15) is 6.10 Å². The van der Waals surface area contributed by atoms with Crippen molar-refractivity contribution in [3.05, 3.63) is 120 Å². The minimum absolute atomic E-state index is 0.0358. The van der Waals surface area contributed by atoms with Gasteiger partial charge in [0.15, 0.2) is 0 Å². The van der Waals surface area contributed by atoms with E-state index in [1.54, 1.807) is 4.90 Å². The van der Waals surface area contributed by atoms with E-state index in [4.69, 9.17) is 9.47 Å². The van der Waals surface area contributed by atoms with Crippen molar-refractivity contribution in [2.45, 2.75) is 44.4 Å². The molecule has 3 aromatic rings. The van der Waals surface area contributed by atoms with Crippen LogP contribution in [0.3, 0.4) is 0 Å². The van der Waals surface area contributed by atoms with Crippen LogP contribution in [0, 0.1) is 11.8 Å². The summed E-state index contributed by atoms with van der Waals surface area (Å²) in [5.74, 6) is -2.01. The Bertz CT molecular complexity index is 1350. The maximum atomic E-state index is 13.8. The number of hydrogen-bond acceptors (Lipinski definition) is 6. The van der Waals surface area contributed by atoms with Gasteiger partial charge in [0.25, 0.3) is 0 Å². The largest absolute Gasteiger partial charge is 0.455 e. The highest BCUT2D eigenvalue weighted by Crippen LogP contribution is 2.27. The third-order valence-corrected chi connectivity index (χ3v) is 7.81. The van der Waals surface area contributed by atoms with Gasteiger partial charge in [-0.3, -0.25) is 14.4 Å². The van der Waals surface area contributed by atoms with Gasteiger partial charge in [-0.25, -0.2) is 0 Å². The Kier molecular flexibility index (Phi) is 12.7. The Morgan fingerprint density at radius 1 is 0.886 bits per heavy atom. The average Bonchev–Trinajstić information content (AvgIpc) is 3.04. The fourth-order valence-electron chi connectivity index (χ4n) is 5.45. The molecule has 0 bridgehead atoms. The van der Waals surface area contributed by atoms with Gasteiger partial charge in [-0.2, -0.15) is 0 Å². The summed E-state index contributed by atoms with van der Waals surface area (Å²) in [6.45, 7) is 0.419. The van der Waals surface area contributed by atoms with E-state index >= 15 is 0 Å². The number of benzene rings is 3. The summed E-state index contributed by atoms with van der Waals surface area (Å²) < 4.78 is 11.7. The molecule has 2 N–H and O–H groups in total. The van der Waals surface area contributed by atoms with Crippen LogP contribution in [0.2, 0.25) is 0 Å². The van der Waals surface area contributed by atoms with Gasteiger partial charge in [0, 0.05) is 26.6 Å². The first-order valence-corrected chi connectivity index (χ1v) is 15.1. The van der Waals surface area contributed by atoms with Crippen molar-refractivity contribution >= 4 is 17.8 Å². The summed E-state index contributed by atoms with van der Waals surface area (Å²) in [5.41, 5.74) is 2.70. The van der Waals surface area contributed by atoms with Gasteiger partial charge in [0.05, 0.1) is 31.1 Å². The Labute approximate surface area is 259 Å². The normalized spacial score (nSPS) is 21.0. The number of aliphatic hydroxyl groups excluding tert-OH is 1. The number of hydrogen-bond donors (Lipinski definition) is 2. The van der Waals surface area contributed by atoms with Crippen molar-refractivity contribution < 1.29 is 29.0 Å². The summed E-state index contributed by atoms with van der Waals surface area (Å²) >= 11 is 0. The van der Waals surface area contributed by atoms with E-state index in [1.807, 2.05) is 103 Å². The highest BCUT2D eigenvalue weighted by atomic mass is 16.5. The molecule has 0 aromatic heterocycles. The molecule has 0 spiro atoms. The monoisotopic (exact) mass is 598 g/mol. The Morgan fingerprint density at radius 2 is 1.48 bits per heavy atom. The van der Waals surface area contributed by atoms with Crippen molar-refractivity contribution in [3.63, 3.8) is 0 Å². The lowest BCUT2D eigenvalue weighted by atomic mass is 9.93. The molecule has 0 unspecified atom stereocenters. The van der Waals surface area contributed by atoms with Crippen LogP contribution in [-0.4, -0.2) is 60.7 Å². The number of allylic oxidation sites excluding steroid dienone is 2. The van der Waals surface area contributed by atoms with E-state index in [2.05, 4.69) is 5.32 Å². The molecular formula is C36H42N2O6. The van der Waals surface area contributed by atoms with Crippen LogP contribution in [0.5, 0.6) is 0 Å². The molecule has 0 fully saturated rings. The summed E-state index contributed by atoms with van der Waals surface area (Å²) in [7, 11) is 1.53. The molecule has 1 aliphatic heterocycles. The van der Waals surface area contributed by atoms with E-state index in [0.29, 0.717) is 25.8 Å². The van der Waals surface area contributed by atoms with Crippen LogP contribution in [0.25, 0.3) is 0 Å². The zero-order chi connectivity index (χ0) is 31.1. The fourth-order valence-corrected chi connectivity index (χ4v) is 5.45. The Hall–Kier alpha value is -4.27. The first-order valence-electron chi connectivity index (χ1n) is 15.1. The number of nitrogens with one attached hydrogen (secondary N) is 1. The molecule has 1 aliphatic rings. The number of rotatable bonds is 11. The standard InChI is InChI=1S/C36H42N2O6/c1-43-26-32-34(29-17-9-4-10-18-29)44-36(42)31(23-27-13-5-2-6-14-27)20-12-11-19-30(35(41)37-32)24-33(40)38(21-22-39)25-28-15-7-3-8-16-28/h2-18,30-32,34,39H,19-26H2,1H3,(H,37,41)/t30-,31+,32+,34+/m1/s1. The van der Waals surface area contributed by atoms with E-state index in [0.717, 1.165) is 16.7 Å². The number of carbonyl (C=O) groups excluding carboxylic acids is 3. The SMILES string of the molecule is COC[C@@H]1NC(=O)[C@@H](CC(=O)N(CCO)Cc2ccccc2)CC=CC[C@@H](Cc2ccccc2)C(=O)O[C@H]1c1ccccc1. The first-order chi connectivity index (χ1) is 21.5. The van der Waals surface area contributed by atoms with Crippen LogP contribution >= 0.6 is 0 Å². The molecule has 0 radical (unpaired) electrons. The summed E-state index contributed by atoms with van der Waals surface area (Å²) in [5, 5.41) is 12.7. The van der Waals surface area contributed by atoms with Crippen molar-refractivity contribution in [2.24, 2.45) is 11.8 Å². The minimum Gasteiger partial charge on any atom is -0.455 e. The fraction of sp³-hybridized carbons (Fsp3) is 0.361. The van der Waals surface area contributed by atoms with E-state index in [-0.39, 0.29) is 44.0 Å². The van der Waals surface area contributed by atoms with Crippen molar-refractivity contribution in [1.29, 1.82) is 0 Å². The highest BCUT2D eigenvalue weighted by Gasteiger charge is 2.34. The quantitative estimate of drug-likeness (QED) is 0.246. The van der Waals surface area contributed by atoms with Gasteiger partial charge in [-0.1, -0.05) is 103 Å². The lowest BCUT2D eigenvalue weighted by Crippen LogP contribution is -2.47. The van der Waals surface area contributed by atoms with Gasteiger partial charge in [0.2, 0.25) is 11.8 Å². The molecule has 4 rings (SSSR count). The summed E-state index contributed by atoms with van der Waals surface area (Å²) in [4.78, 5) is 42.6. The molecule has 2 amide bonds. The predicted molar refractivity (Wildman–Crippen MR) is 168 cm³/mol. The van der Waals surface area contributed by atoms with Gasteiger partial charge in [-0.15, -0.1) is 0 Å². The van der Waals surface area contributed by atoms with E-state index in [9.17, 15) is 19.5 Å². The molecule has 0 saturated heterocycles. The van der Waals surface area contributed by atoms with Crippen LogP contribution in [0.15, 0.2) is 103 Å². The number of cyclic esters (lactones) is 1. The maximum absolute atomic E-state index is 13.8. The second kappa shape index (κ2) is 17.1. The highest BCUT2D eigenvalue weighted by molar-refractivity contribution is 5.86. The van der Waals surface area contributed by atoms with Crippen molar-refractivity contribution in [2.75, 3.05) is 26.9 Å². The molecular weight excluding hydrogens is 556 g/mol. The molecule has 0 saturated carbocycles. The molecule has 232 valence electrons. The number of amides is 2. The van der Waals surface area contributed by atoms with Gasteiger partial charge >= 0.3 is 5.97 Å². The summed E-state index contributed by atoms with van der Waals surface area (Å²) in [6, 6.07) is 28.0. The third-order valence-electron chi connectivity index (χ3n) is 7.81. The minimum atomic E-state index is -0.797. The number of ether oxygens (including phenoxy) is 2. The number of esters is 1. The smallest absolute Gasteiger partial charge is 0.310 e. The van der Waals surface area contributed by atoms with Crippen molar-refractivity contribution in [1.82, 2.24) is 10.2 Å². The molecule has 3 aromatic carbocycles. The molecule has 4 atom stereocenters. The summed E-state index contributed by atoms with van der Waals surface area (Å²) in [6.07, 6.45) is 4.19. The molecule has 0 aliphatic carbocycles. The second-order valence-corrected chi connectivity index (χ2v) is 11.1. The Balaban J connectivity index is 1.62. The van der Waals surface area contributed by atoms with Crippen LogP contribution < -0.4 is 5.32 Å². The van der Waals surface area contributed by atoms with Crippen LogP contribution in [0.1, 0.15) is 42.1 Å². The van der Waals surface area contributed by atoms with E-state index < -0.39 is 24.0 Å². The second-order valence-electron chi connectivity index (χ2n) is 11.1. The number of methoxy groups -OCH3 is 1. The average molecular weight is 599 g/mol. The lowest BCUT2D eigenvalue weighted by molar-refractivity contribution is -0.158. The zero-order valence-electron chi connectivity index (χ0n) is 25.2. The third kappa shape index (κ3) is 9.62. The topological polar surface area (TPSA) is 105 Å². The maximum Gasteiger partial charge on any atom is 0.310 e. The molecule has 8 heteroatoms. The molecule has 1 heterocycles. The lowest BCUT2D eigenvalue weighted by Gasteiger charge is -2.31. The predicted octanol–water partition coefficient (Wildman–Crippen LogP) is 4.64. The molecule has 44 heavy (non-hydrogen) atoms. The Morgan fingerprint density at radius 3 is 2.09 bits per heavy atom. The molecule has 8 nitrogen and oxygen atoms in total. The number of carbonyl (C=O) groups is 3. The van der Waals surface area contributed by atoms with Gasteiger partial charge in [-0.05, 0) is 36.0 Å².